The lowest BCUT2D eigenvalue weighted by Crippen LogP contribution is -2.40. The minimum atomic E-state index is 0.0324. The number of likely N-dealkylation sites (N-methyl/N-ethyl adjacent to an activating group) is 1. The molecule has 1 aromatic rings. The van der Waals surface area contributed by atoms with Crippen LogP contribution in [-0.4, -0.2) is 37.5 Å². The summed E-state index contributed by atoms with van der Waals surface area (Å²) in [6.45, 7) is 2.83. The van der Waals surface area contributed by atoms with Crippen LogP contribution in [0.2, 0.25) is 0 Å². The molecule has 1 atom stereocenters. The maximum absolute atomic E-state index is 11.7. The first-order valence-electron chi connectivity index (χ1n) is 5.76. The number of amides is 1. The van der Waals surface area contributed by atoms with Crippen LogP contribution in [0.4, 0.5) is 5.69 Å². The number of nitrogen functional groups attached to an aromatic ring is 1. The zero-order chi connectivity index (χ0) is 12.8. The minimum absolute atomic E-state index is 0.0324. The van der Waals surface area contributed by atoms with Crippen molar-refractivity contribution in [3.63, 3.8) is 0 Å². The van der Waals surface area contributed by atoms with Crippen molar-refractivity contribution >= 4 is 11.6 Å². The van der Waals surface area contributed by atoms with E-state index in [1.807, 2.05) is 50.2 Å². The van der Waals surface area contributed by atoms with E-state index in [0.29, 0.717) is 12.1 Å². The lowest BCUT2D eigenvalue weighted by molar-refractivity contribution is -0.121. The van der Waals surface area contributed by atoms with Gasteiger partial charge in [-0.1, -0.05) is 12.1 Å². The molecule has 1 rings (SSSR count). The van der Waals surface area contributed by atoms with Gasteiger partial charge in [-0.15, -0.1) is 0 Å². The van der Waals surface area contributed by atoms with Crippen molar-refractivity contribution in [1.29, 1.82) is 0 Å². The molecule has 0 aromatic heterocycles. The Hall–Kier alpha value is -1.55. The predicted octanol–water partition coefficient (Wildman–Crippen LogP) is 0.878. The Kier molecular flexibility index (Phi) is 4.97. The van der Waals surface area contributed by atoms with Gasteiger partial charge in [0.25, 0.3) is 0 Å². The Labute approximate surface area is 103 Å². The van der Waals surface area contributed by atoms with Gasteiger partial charge in [-0.25, -0.2) is 0 Å². The summed E-state index contributed by atoms with van der Waals surface area (Å²) >= 11 is 0. The molecule has 4 nitrogen and oxygen atoms in total. The van der Waals surface area contributed by atoms with Crippen LogP contribution in [0.1, 0.15) is 12.5 Å². The third-order valence-corrected chi connectivity index (χ3v) is 2.36. The third kappa shape index (κ3) is 5.36. The first-order chi connectivity index (χ1) is 7.97. The molecule has 0 saturated heterocycles. The maximum atomic E-state index is 11.7. The molecule has 0 fully saturated rings. The first-order valence-corrected chi connectivity index (χ1v) is 5.76. The second kappa shape index (κ2) is 6.25. The molecule has 1 aromatic carbocycles. The number of nitrogens with one attached hydrogen (secondary N) is 1. The van der Waals surface area contributed by atoms with Crippen molar-refractivity contribution in [2.45, 2.75) is 19.4 Å². The van der Waals surface area contributed by atoms with E-state index in [9.17, 15) is 4.79 Å². The summed E-state index contributed by atoms with van der Waals surface area (Å²) < 4.78 is 0. The number of carbonyl (C=O) groups is 1. The van der Waals surface area contributed by atoms with Gasteiger partial charge < -0.3 is 16.0 Å². The molecule has 0 saturated carbocycles. The van der Waals surface area contributed by atoms with E-state index in [0.717, 1.165) is 12.1 Å². The van der Waals surface area contributed by atoms with Crippen LogP contribution < -0.4 is 11.1 Å². The summed E-state index contributed by atoms with van der Waals surface area (Å²) in [6.07, 6.45) is 0.378. The van der Waals surface area contributed by atoms with E-state index in [1.54, 1.807) is 0 Å². The van der Waals surface area contributed by atoms with Gasteiger partial charge in [0.15, 0.2) is 0 Å². The van der Waals surface area contributed by atoms with E-state index in [2.05, 4.69) is 5.32 Å². The Morgan fingerprint density at radius 3 is 2.76 bits per heavy atom. The zero-order valence-corrected chi connectivity index (χ0v) is 10.7. The van der Waals surface area contributed by atoms with Crippen molar-refractivity contribution in [1.82, 2.24) is 10.2 Å². The fourth-order valence-electron chi connectivity index (χ4n) is 1.81. The van der Waals surface area contributed by atoms with E-state index in [4.69, 9.17) is 5.73 Å². The molecule has 3 N–H and O–H groups in total. The molecule has 94 valence electrons. The Morgan fingerprint density at radius 2 is 2.18 bits per heavy atom. The molecule has 1 unspecified atom stereocenters. The number of nitrogens with zero attached hydrogens (tertiary/aromatic N) is 1. The highest BCUT2D eigenvalue weighted by molar-refractivity contribution is 5.79. The van der Waals surface area contributed by atoms with E-state index < -0.39 is 0 Å². The smallest absolute Gasteiger partial charge is 0.224 e. The van der Waals surface area contributed by atoms with Gasteiger partial charge in [0.2, 0.25) is 5.91 Å². The summed E-state index contributed by atoms with van der Waals surface area (Å²) in [5, 5.41) is 2.96. The number of nitrogens with two attached hydrogens (primary N) is 1. The molecule has 1 amide bonds. The Balaban J connectivity index is 2.44. The van der Waals surface area contributed by atoms with Gasteiger partial charge in [0.1, 0.15) is 0 Å². The van der Waals surface area contributed by atoms with E-state index in [-0.39, 0.29) is 11.9 Å². The highest BCUT2D eigenvalue weighted by Gasteiger charge is 2.08. The summed E-state index contributed by atoms with van der Waals surface area (Å²) in [5.41, 5.74) is 7.30. The number of hydrogen-bond donors (Lipinski definition) is 2. The van der Waals surface area contributed by atoms with Crippen LogP contribution in [0.15, 0.2) is 24.3 Å². The fraction of sp³-hybridized carbons (Fsp3) is 0.462. The average molecular weight is 235 g/mol. The number of hydrogen-bond acceptors (Lipinski definition) is 3. The molecular formula is C13H21N3O. The summed E-state index contributed by atoms with van der Waals surface area (Å²) in [7, 11) is 3.97. The molecule has 0 aliphatic carbocycles. The van der Waals surface area contributed by atoms with Crippen molar-refractivity contribution < 1.29 is 4.79 Å². The molecule has 0 bridgehead atoms. The zero-order valence-electron chi connectivity index (χ0n) is 10.7. The van der Waals surface area contributed by atoms with Crippen LogP contribution in [0.3, 0.4) is 0 Å². The molecule has 17 heavy (non-hydrogen) atoms. The first kappa shape index (κ1) is 13.5. The summed E-state index contributed by atoms with van der Waals surface area (Å²) in [4.78, 5) is 13.8. The van der Waals surface area contributed by atoms with Crippen LogP contribution in [0.25, 0.3) is 0 Å². The van der Waals surface area contributed by atoms with E-state index >= 15 is 0 Å². The SMILES string of the molecule is CC(CN(C)C)NC(=O)Cc1cccc(N)c1. The highest BCUT2D eigenvalue weighted by atomic mass is 16.1. The largest absolute Gasteiger partial charge is 0.399 e. The lowest BCUT2D eigenvalue weighted by Gasteiger charge is -2.18. The molecule has 0 heterocycles. The lowest BCUT2D eigenvalue weighted by atomic mass is 10.1. The van der Waals surface area contributed by atoms with Crippen molar-refractivity contribution in [2.75, 3.05) is 26.4 Å². The Bertz CT molecular complexity index is 377. The molecule has 4 heteroatoms. The van der Waals surface area contributed by atoms with Gasteiger partial charge in [-0.05, 0) is 38.7 Å². The minimum Gasteiger partial charge on any atom is -0.399 e. The van der Waals surface area contributed by atoms with Crippen LogP contribution >= 0.6 is 0 Å². The fourth-order valence-corrected chi connectivity index (χ4v) is 1.81. The Morgan fingerprint density at radius 1 is 1.47 bits per heavy atom. The summed E-state index contributed by atoms with van der Waals surface area (Å²) in [5.74, 6) is 0.0324. The van der Waals surface area contributed by atoms with E-state index in [1.165, 1.54) is 0 Å². The van der Waals surface area contributed by atoms with Gasteiger partial charge in [0.05, 0.1) is 6.42 Å². The average Bonchev–Trinajstić information content (AvgIpc) is 2.14. The quantitative estimate of drug-likeness (QED) is 0.745. The van der Waals surface area contributed by atoms with Crippen molar-refractivity contribution in [3.8, 4) is 0 Å². The third-order valence-electron chi connectivity index (χ3n) is 2.36. The maximum Gasteiger partial charge on any atom is 0.224 e. The molecule has 0 aliphatic heterocycles. The number of rotatable bonds is 5. The molecule has 0 spiro atoms. The second-order valence-corrected chi connectivity index (χ2v) is 4.65. The highest BCUT2D eigenvalue weighted by Crippen LogP contribution is 2.07. The van der Waals surface area contributed by atoms with Gasteiger partial charge >= 0.3 is 0 Å². The predicted molar refractivity (Wildman–Crippen MR) is 70.7 cm³/mol. The van der Waals surface area contributed by atoms with Crippen LogP contribution in [0.5, 0.6) is 0 Å². The van der Waals surface area contributed by atoms with Crippen LogP contribution in [-0.2, 0) is 11.2 Å². The molecule has 0 aliphatic rings. The van der Waals surface area contributed by atoms with Crippen LogP contribution in [0, 0.1) is 0 Å². The standard InChI is InChI=1S/C13H21N3O/c1-10(9-16(2)3)15-13(17)8-11-5-4-6-12(14)7-11/h4-7,10H,8-9,14H2,1-3H3,(H,15,17). The number of benzene rings is 1. The molecule has 0 radical (unpaired) electrons. The van der Waals surface area contributed by atoms with Crippen molar-refractivity contribution in [3.05, 3.63) is 29.8 Å². The summed E-state index contributed by atoms with van der Waals surface area (Å²) in [6, 6.07) is 7.57. The van der Waals surface area contributed by atoms with Gasteiger partial charge in [-0.3, -0.25) is 4.79 Å². The number of carbonyl (C=O) groups excluding carboxylic acids is 1. The second-order valence-electron chi connectivity index (χ2n) is 4.65. The molecular weight excluding hydrogens is 214 g/mol. The normalized spacial score (nSPS) is 12.5. The van der Waals surface area contributed by atoms with Gasteiger partial charge in [0, 0.05) is 18.3 Å². The topological polar surface area (TPSA) is 58.4 Å². The van der Waals surface area contributed by atoms with Gasteiger partial charge in [-0.2, -0.15) is 0 Å². The van der Waals surface area contributed by atoms with Crippen molar-refractivity contribution in [2.24, 2.45) is 0 Å². The number of anilines is 1. The monoisotopic (exact) mass is 235 g/mol.